The van der Waals surface area contributed by atoms with Crippen molar-refractivity contribution >= 4 is 22.8 Å². The Balaban J connectivity index is 1.80. The molecule has 0 aromatic heterocycles. The molecule has 1 aliphatic heterocycles. The van der Waals surface area contributed by atoms with Crippen LogP contribution in [0.3, 0.4) is 0 Å². The summed E-state index contributed by atoms with van der Waals surface area (Å²) >= 11 is 1.71. The molecule has 5 heteroatoms. The van der Waals surface area contributed by atoms with Crippen LogP contribution in [-0.4, -0.2) is 35.0 Å². The SMILES string of the molecule is CC1CCSC(NC(C)C(=O)NC2CC2)=N1. The molecule has 2 atom stereocenters. The van der Waals surface area contributed by atoms with E-state index in [-0.39, 0.29) is 11.9 Å². The van der Waals surface area contributed by atoms with Crippen molar-refractivity contribution in [2.75, 3.05) is 5.75 Å². The van der Waals surface area contributed by atoms with Crippen molar-refractivity contribution in [1.29, 1.82) is 0 Å². The molecular weight excluding hydrogens is 222 g/mol. The van der Waals surface area contributed by atoms with E-state index in [1.165, 1.54) is 0 Å². The fraction of sp³-hybridized carbons (Fsp3) is 0.818. The Morgan fingerprint density at radius 1 is 1.50 bits per heavy atom. The molecule has 0 aromatic rings. The summed E-state index contributed by atoms with van der Waals surface area (Å²) in [7, 11) is 0. The number of amidine groups is 1. The summed E-state index contributed by atoms with van der Waals surface area (Å²) in [5.41, 5.74) is 0. The van der Waals surface area contributed by atoms with Crippen LogP contribution in [-0.2, 0) is 4.79 Å². The van der Waals surface area contributed by atoms with Crippen molar-refractivity contribution < 1.29 is 4.79 Å². The Labute approximate surface area is 101 Å². The zero-order valence-electron chi connectivity index (χ0n) is 9.82. The first-order valence-electron chi connectivity index (χ1n) is 5.92. The molecule has 2 N–H and O–H groups in total. The lowest BCUT2D eigenvalue weighted by Crippen LogP contribution is -2.45. The molecule has 2 unspecified atom stereocenters. The third-order valence-electron chi connectivity index (χ3n) is 2.77. The van der Waals surface area contributed by atoms with E-state index < -0.39 is 0 Å². The molecule has 16 heavy (non-hydrogen) atoms. The molecule has 0 radical (unpaired) electrons. The molecule has 1 fully saturated rings. The minimum absolute atomic E-state index is 0.0871. The van der Waals surface area contributed by atoms with Crippen LogP contribution in [0.25, 0.3) is 0 Å². The maximum Gasteiger partial charge on any atom is 0.242 e. The van der Waals surface area contributed by atoms with Gasteiger partial charge in [-0.05, 0) is 33.1 Å². The van der Waals surface area contributed by atoms with Gasteiger partial charge in [-0.25, -0.2) is 0 Å². The van der Waals surface area contributed by atoms with Crippen molar-refractivity contribution in [3.63, 3.8) is 0 Å². The largest absolute Gasteiger partial charge is 0.353 e. The van der Waals surface area contributed by atoms with E-state index in [1.807, 2.05) is 6.92 Å². The van der Waals surface area contributed by atoms with Gasteiger partial charge in [-0.3, -0.25) is 9.79 Å². The normalized spacial score (nSPS) is 26.9. The molecule has 1 aliphatic carbocycles. The van der Waals surface area contributed by atoms with E-state index in [9.17, 15) is 4.79 Å². The lowest BCUT2D eigenvalue weighted by Gasteiger charge is -2.21. The molecule has 1 heterocycles. The number of thioether (sulfide) groups is 1. The standard InChI is InChI=1S/C11H19N3OS/c1-7-5-6-16-11(12-7)13-8(2)10(15)14-9-3-4-9/h7-9H,3-6H2,1-2H3,(H,12,13)(H,14,15). The highest BCUT2D eigenvalue weighted by atomic mass is 32.2. The Morgan fingerprint density at radius 2 is 2.25 bits per heavy atom. The molecule has 90 valence electrons. The van der Waals surface area contributed by atoms with Gasteiger partial charge >= 0.3 is 0 Å². The van der Waals surface area contributed by atoms with Gasteiger partial charge in [-0.2, -0.15) is 0 Å². The van der Waals surface area contributed by atoms with Crippen molar-refractivity contribution in [3.8, 4) is 0 Å². The second kappa shape index (κ2) is 5.08. The molecule has 2 rings (SSSR count). The van der Waals surface area contributed by atoms with Gasteiger partial charge in [-0.1, -0.05) is 11.8 Å². The maximum absolute atomic E-state index is 11.7. The summed E-state index contributed by atoms with van der Waals surface area (Å²) in [5.74, 6) is 1.17. The summed E-state index contributed by atoms with van der Waals surface area (Å²) in [4.78, 5) is 16.2. The second-order valence-corrected chi connectivity index (χ2v) is 5.65. The molecule has 2 aliphatic rings. The Morgan fingerprint density at radius 3 is 2.88 bits per heavy atom. The molecule has 0 aromatic carbocycles. The number of carbonyl (C=O) groups excluding carboxylic acids is 1. The Kier molecular flexibility index (Phi) is 3.74. The zero-order chi connectivity index (χ0) is 11.5. The minimum atomic E-state index is -0.183. The summed E-state index contributed by atoms with van der Waals surface area (Å²) < 4.78 is 0. The predicted molar refractivity (Wildman–Crippen MR) is 67.7 cm³/mol. The fourth-order valence-corrected chi connectivity index (χ4v) is 2.68. The third kappa shape index (κ3) is 3.40. The van der Waals surface area contributed by atoms with Crippen LogP contribution in [0, 0.1) is 0 Å². The van der Waals surface area contributed by atoms with Crippen LogP contribution in [0.4, 0.5) is 0 Å². The van der Waals surface area contributed by atoms with Crippen molar-refractivity contribution in [2.24, 2.45) is 4.99 Å². The molecule has 0 bridgehead atoms. The topological polar surface area (TPSA) is 53.5 Å². The van der Waals surface area contributed by atoms with Crippen molar-refractivity contribution in [3.05, 3.63) is 0 Å². The van der Waals surface area contributed by atoms with Gasteiger partial charge in [0.25, 0.3) is 0 Å². The van der Waals surface area contributed by atoms with Gasteiger partial charge in [0, 0.05) is 11.8 Å². The lowest BCUT2D eigenvalue weighted by atomic mass is 10.3. The van der Waals surface area contributed by atoms with Crippen molar-refractivity contribution in [2.45, 2.75) is 51.2 Å². The lowest BCUT2D eigenvalue weighted by molar-refractivity contribution is -0.122. The summed E-state index contributed by atoms with van der Waals surface area (Å²) in [6.45, 7) is 4.00. The molecule has 4 nitrogen and oxygen atoms in total. The molecule has 1 amide bonds. The number of hydrogen-bond donors (Lipinski definition) is 2. The molecule has 0 spiro atoms. The van der Waals surface area contributed by atoms with E-state index >= 15 is 0 Å². The minimum Gasteiger partial charge on any atom is -0.353 e. The number of carbonyl (C=O) groups is 1. The first-order valence-corrected chi connectivity index (χ1v) is 6.91. The maximum atomic E-state index is 11.7. The van der Waals surface area contributed by atoms with Crippen LogP contribution >= 0.6 is 11.8 Å². The van der Waals surface area contributed by atoms with Gasteiger partial charge in [-0.15, -0.1) is 0 Å². The van der Waals surface area contributed by atoms with E-state index in [4.69, 9.17) is 0 Å². The number of nitrogens with zero attached hydrogens (tertiary/aromatic N) is 1. The van der Waals surface area contributed by atoms with Gasteiger partial charge in [0.2, 0.25) is 5.91 Å². The first-order chi connectivity index (χ1) is 7.65. The highest BCUT2D eigenvalue weighted by molar-refractivity contribution is 8.13. The molecule has 0 saturated heterocycles. The average molecular weight is 241 g/mol. The van der Waals surface area contributed by atoms with E-state index in [0.717, 1.165) is 30.2 Å². The average Bonchev–Trinajstić information content (AvgIpc) is 3.01. The fourth-order valence-electron chi connectivity index (χ4n) is 1.51. The van der Waals surface area contributed by atoms with Crippen LogP contribution in [0.5, 0.6) is 0 Å². The summed E-state index contributed by atoms with van der Waals surface area (Å²) in [5, 5.41) is 7.09. The number of aliphatic imine (C=N–C) groups is 1. The van der Waals surface area contributed by atoms with E-state index in [0.29, 0.717) is 12.1 Å². The smallest absolute Gasteiger partial charge is 0.242 e. The number of rotatable bonds is 3. The van der Waals surface area contributed by atoms with Gasteiger partial charge in [0.15, 0.2) is 5.17 Å². The van der Waals surface area contributed by atoms with Crippen LogP contribution < -0.4 is 10.6 Å². The summed E-state index contributed by atoms with van der Waals surface area (Å²) in [6.07, 6.45) is 3.38. The van der Waals surface area contributed by atoms with Gasteiger partial charge in [0.1, 0.15) is 6.04 Å². The van der Waals surface area contributed by atoms with Crippen molar-refractivity contribution in [1.82, 2.24) is 10.6 Å². The van der Waals surface area contributed by atoms with E-state index in [2.05, 4.69) is 22.5 Å². The highest BCUT2D eigenvalue weighted by Crippen LogP contribution is 2.19. The quantitative estimate of drug-likeness (QED) is 0.778. The number of nitrogens with one attached hydrogen (secondary N) is 2. The zero-order valence-corrected chi connectivity index (χ0v) is 10.6. The number of amides is 1. The number of hydrogen-bond acceptors (Lipinski definition) is 4. The third-order valence-corrected chi connectivity index (χ3v) is 3.71. The van der Waals surface area contributed by atoms with E-state index in [1.54, 1.807) is 11.8 Å². The van der Waals surface area contributed by atoms with Gasteiger partial charge < -0.3 is 10.6 Å². The predicted octanol–water partition coefficient (Wildman–Crippen LogP) is 1.12. The highest BCUT2D eigenvalue weighted by Gasteiger charge is 2.26. The van der Waals surface area contributed by atoms with Crippen LogP contribution in [0.2, 0.25) is 0 Å². The second-order valence-electron chi connectivity index (χ2n) is 4.57. The monoisotopic (exact) mass is 241 g/mol. The first kappa shape index (κ1) is 11.8. The van der Waals surface area contributed by atoms with Gasteiger partial charge in [0.05, 0.1) is 6.04 Å². The Bertz CT molecular complexity index is 302. The summed E-state index contributed by atoms with van der Waals surface area (Å²) in [6, 6.07) is 0.621. The molecular formula is C11H19N3OS. The Hall–Kier alpha value is -0.710. The molecule has 1 saturated carbocycles. The van der Waals surface area contributed by atoms with Crippen LogP contribution in [0.1, 0.15) is 33.1 Å². The van der Waals surface area contributed by atoms with Crippen LogP contribution in [0.15, 0.2) is 4.99 Å².